The second kappa shape index (κ2) is 4.50. The standard InChI is InChI=1S/C16H14F2N4/c17-16(18)8-22(9-16)14-6-15(19)21-13-5-10(1-2-12(13)14)11-3-4-20-7-11/h1-6H,7-9H2,(H2,19,21). The van der Waals surface area contributed by atoms with Crippen molar-refractivity contribution in [1.82, 2.24) is 4.98 Å². The third-order valence-electron chi connectivity index (χ3n) is 4.01. The van der Waals surface area contributed by atoms with E-state index in [0.29, 0.717) is 12.4 Å². The van der Waals surface area contributed by atoms with E-state index in [1.807, 2.05) is 24.3 Å². The summed E-state index contributed by atoms with van der Waals surface area (Å²) >= 11 is 0. The Hall–Kier alpha value is -2.50. The maximum Gasteiger partial charge on any atom is 0.282 e. The van der Waals surface area contributed by atoms with Gasteiger partial charge in [0.05, 0.1) is 30.8 Å². The molecule has 0 radical (unpaired) electrons. The molecule has 0 spiro atoms. The van der Waals surface area contributed by atoms with Crippen molar-refractivity contribution in [3.05, 3.63) is 35.9 Å². The Labute approximate surface area is 126 Å². The lowest BCUT2D eigenvalue weighted by Crippen LogP contribution is -2.56. The molecule has 0 atom stereocenters. The van der Waals surface area contributed by atoms with Gasteiger partial charge in [-0.25, -0.2) is 13.8 Å². The van der Waals surface area contributed by atoms with E-state index < -0.39 is 5.92 Å². The molecule has 0 unspecified atom stereocenters. The van der Waals surface area contributed by atoms with Crippen molar-refractivity contribution < 1.29 is 8.78 Å². The highest BCUT2D eigenvalue weighted by Crippen LogP contribution is 2.37. The summed E-state index contributed by atoms with van der Waals surface area (Å²) in [5.74, 6) is -2.28. The van der Waals surface area contributed by atoms with E-state index in [1.54, 1.807) is 17.2 Å². The molecule has 0 amide bonds. The molecule has 0 saturated carbocycles. The molecule has 4 nitrogen and oxygen atoms in total. The number of fused-ring (bicyclic) bond motifs is 1. The number of hydrogen-bond acceptors (Lipinski definition) is 4. The Morgan fingerprint density at radius 2 is 2.00 bits per heavy atom. The first-order valence-electron chi connectivity index (χ1n) is 7.04. The number of nitrogens with zero attached hydrogens (tertiary/aromatic N) is 3. The topological polar surface area (TPSA) is 54.5 Å². The van der Waals surface area contributed by atoms with Crippen LogP contribution in [-0.4, -0.2) is 36.8 Å². The molecule has 22 heavy (non-hydrogen) atoms. The van der Waals surface area contributed by atoms with Crippen molar-refractivity contribution in [2.24, 2.45) is 4.99 Å². The number of alkyl halides is 2. The van der Waals surface area contributed by atoms with Crippen LogP contribution in [0, 0.1) is 0 Å². The fraction of sp³-hybridized carbons (Fsp3) is 0.250. The van der Waals surface area contributed by atoms with E-state index in [2.05, 4.69) is 9.98 Å². The van der Waals surface area contributed by atoms with E-state index >= 15 is 0 Å². The third-order valence-corrected chi connectivity index (χ3v) is 4.01. The lowest BCUT2D eigenvalue weighted by Gasteiger charge is -2.41. The van der Waals surface area contributed by atoms with E-state index in [4.69, 9.17) is 5.73 Å². The number of benzene rings is 1. The SMILES string of the molecule is Nc1cc(N2CC(F)(F)C2)c2ccc(C3=CC=NC3)cc2n1. The quantitative estimate of drug-likeness (QED) is 0.928. The van der Waals surface area contributed by atoms with Gasteiger partial charge in [0.25, 0.3) is 5.92 Å². The van der Waals surface area contributed by atoms with Gasteiger partial charge in [0.2, 0.25) is 0 Å². The van der Waals surface area contributed by atoms with Gasteiger partial charge in [-0.15, -0.1) is 0 Å². The Morgan fingerprint density at radius 1 is 1.18 bits per heavy atom. The van der Waals surface area contributed by atoms with Gasteiger partial charge >= 0.3 is 0 Å². The fourth-order valence-electron chi connectivity index (χ4n) is 2.91. The monoisotopic (exact) mass is 300 g/mol. The van der Waals surface area contributed by atoms with Gasteiger partial charge in [0.1, 0.15) is 5.82 Å². The summed E-state index contributed by atoms with van der Waals surface area (Å²) in [7, 11) is 0. The minimum absolute atomic E-state index is 0.272. The normalized spacial score (nSPS) is 19.4. The molecule has 2 N–H and O–H groups in total. The Bertz CT molecular complexity index is 818. The van der Waals surface area contributed by atoms with E-state index in [9.17, 15) is 8.78 Å². The van der Waals surface area contributed by atoms with Crippen molar-refractivity contribution >= 4 is 34.2 Å². The summed E-state index contributed by atoms with van der Waals surface area (Å²) in [5, 5.41) is 0.841. The molecule has 6 heteroatoms. The molecule has 1 saturated heterocycles. The van der Waals surface area contributed by atoms with Crippen molar-refractivity contribution in [2.45, 2.75) is 5.92 Å². The van der Waals surface area contributed by atoms with Gasteiger partial charge < -0.3 is 10.6 Å². The van der Waals surface area contributed by atoms with Crippen LogP contribution in [-0.2, 0) is 0 Å². The summed E-state index contributed by atoms with van der Waals surface area (Å²) in [5.41, 5.74) is 9.43. The van der Waals surface area contributed by atoms with Crippen LogP contribution in [0.1, 0.15) is 5.56 Å². The number of aromatic nitrogens is 1. The average Bonchev–Trinajstić information content (AvgIpc) is 2.97. The molecule has 1 fully saturated rings. The molecule has 2 aliphatic rings. The average molecular weight is 300 g/mol. The minimum atomic E-state index is -2.61. The first-order valence-corrected chi connectivity index (χ1v) is 7.04. The molecule has 112 valence electrons. The van der Waals surface area contributed by atoms with Crippen molar-refractivity contribution in [1.29, 1.82) is 0 Å². The third kappa shape index (κ3) is 2.11. The van der Waals surface area contributed by atoms with Gasteiger partial charge in [-0.05, 0) is 23.3 Å². The second-order valence-corrected chi connectivity index (χ2v) is 5.69. The zero-order valence-electron chi connectivity index (χ0n) is 11.8. The molecule has 0 bridgehead atoms. The number of nitrogens with two attached hydrogens (primary N) is 1. The molecule has 2 aliphatic heterocycles. The van der Waals surface area contributed by atoms with Crippen LogP contribution in [0.5, 0.6) is 0 Å². The van der Waals surface area contributed by atoms with Crippen molar-refractivity contribution in [3.63, 3.8) is 0 Å². The first-order chi connectivity index (χ1) is 10.5. The van der Waals surface area contributed by atoms with Crippen molar-refractivity contribution in [3.8, 4) is 0 Å². The fourth-order valence-corrected chi connectivity index (χ4v) is 2.91. The Kier molecular flexibility index (Phi) is 2.69. The molecule has 1 aromatic carbocycles. The number of allylic oxidation sites excluding steroid dienone is 1. The summed E-state index contributed by atoms with van der Waals surface area (Å²) in [6.07, 6.45) is 3.74. The minimum Gasteiger partial charge on any atom is -0.384 e. The smallest absolute Gasteiger partial charge is 0.282 e. The number of halogens is 2. The van der Waals surface area contributed by atoms with Gasteiger partial charge in [0.15, 0.2) is 0 Å². The number of pyridine rings is 1. The largest absolute Gasteiger partial charge is 0.384 e. The molecule has 2 aromatic rings. The lowest BCUT2D eigenvalue weighted by atomic mass is 10.0. The Balaban J connectivity index is 1.78. The van der Waals surface area contributed by atoms with Gasteiger partial charge in [-0.2, -0.15) is 0 Å². The Morgan fingerprint density at radius 3 is 2.68 bits per heavy atom. The van der Waals surface area contributed by atoms with Gasteiger partial charge in [-0.3, -0.25) is 4.99 Å². The zero-order chi connectivity index (χ0) is 15.3. The summed E-state index contributed by atoms with van der Waals surface area (Å²) in [6.45, 7) is 0.109. The summed E-state index contributed by atoms with van der Waals surface area (Å²) in [4.78, 5) is 10.1. The number of aliphatic imine (C=N–C) groups is 1. The molecule has 1 aromatic heterocycles. The maximum absolute atomic E-state index is 13.1. The number of rotatable bonds is 2. The van der Waals surface area contributed by atoms with Crippen LogP contribution in [0.25, 0.3) is 16.5 Å². The highest BCUT2D eigenvalue weighted by atomic mass is 19.3. The van der Waals surface area contributed by atoms with Gasteiger partial charge in [0, 0.05) is 17.7 Å². The predicted molar refractivity (Wildman–Crippen MR) is 84.7 cm³/mol. The van der Waals surface area contributed by atoms with Crippen LogP contribution >= 0.6 is 0 Å². The van der Waals surface area contributed by atoms with Crippen molar-refractivity contribution in [2.75, 3.05) is 30.3 Å². The number of hydrogen-bond donors (Lipinski definition) is 1. The van der Waals surface area contributed by atoms with E-state index in [-0.39, 0.29) is 13.1 Å². The molecular weight excluding hydrogens is 286 g/mol. The zero-order valence-corrected chi connectivity index (χ0v) is 11.8. The van der Waals surface area contributed by atoms with Crippen LogP contribution < -0.4 is 10.6 Å². The molecule has 3 heterocycles. The molecule has 0 aliphatic carbocycles. The van der Waals surface area contributed by atoms with Crippen LogP contribution in [0.15, 0.2) is 35.3 Å². The highest BCUT2D eigenvalue weighted by Gasteiger charge is 2.44. The van der Waals surface area contributed by atoms with E-state index in [1.165, 1.54) is 0 Å². The van der Waals surface area contributed by atoms with Crippen LogP contribution in [0.2, 0.25) is 0 Å². The van der Waals surface area contributed by atoms with Crippen LogP contribution in [0.3, 0.4) is 0 Å². The maximum atomic E-state index is 13.1. The lowest BCUT2D eigenvalue weighted by molar-refractivity contribution is -0.0261. The summed E-state index contributed by atoms with van der Waals surface area (Å²) < 4.78 is 26.3. The van der Waals surface area contributed by atoms with Crippen LogP contribution in [0.4, 0.5) is 20.3 Å². The number of nitrogen functional groups attached to an aromatic ring is 1. The second-order valence-electron chi connectivity index (χ2n) is 5.69. The summed E-state index contributed by atoms with van der Waals surface area (Å²) in [6, 6.07) is 7.49. The van der Waals surface area contributed by atoms with Gasteiger partial charge in [-0.1, -0.05) is 12.1 Å². The predicted octanol–water partition coefficient (Wildman–Crippen LogP) is 2.74. The molecule has 4 rings (SSSR count). The number of anilines is 2. The first kappa shape index (κ1) is 13.2. The van der Waals surface area contributed by atoms with E-state index in [0.717, 1.165) is 27.7 Å². The highest BCUT2D eigenvalue weighted by molar-refractivity contribution is 5.97. The molecular formula is C16H14F2N4.